The standard InChI is InChI=1S/C5H2Cl2N4/c6-3-2-4(9-1-8-2)11-5(7)10-3/h1,5H. The van der Waals surface area contributed by atoms with Crippen LogP contribution in [0.5, 0.6) is 0 Å². The summed E-state index contributed by atoms with van der Waals surface area (Å²) in [5, 5.41) is 0.271. The second kappa shape index (κ2) is 2.39. The third-order valence-corrected chi connectivity index (χ3v) is 1.69. The molecule has 0 saturated carbocycles. The van der Waals surface area contributed by atoms with E-state index in [0.29, 0.717) is 11.5 Å². The van der Waals surface area contributed by atoms with Crippen LogP contribution in [0.3, 0.4) is 0 Å². The zero-order chi connectivity index (χ0) is 7.84. The molecule has 0 spiro atoms. The molecule has 2 heterocycles. The van der Waals surface area contributed by atoms with Gasteiger partial charge in [-0.2, -0.15) is 0 Å². The van der Waals surface area contributed by atoms with Gasteiger partial charge in [-0.15, -0.1) is 0 Å². The molecule has 1 unspecified atom stereocenters. The molecule has 2 aliphatic heterocycles. The van der Waals surface area contributed by atoms with Gasteiger partial charge in [-0.3, -0.25) is 0 Å². The van der Waals surface area contributed by atoms with E-state index in [1.54, 1.807) is 0 Å². The summed E-state index contributed by atoms with van der Waals surface area (Å²) < 4.78 is 0. The molecule has 2 aliphatic rings. The predicted octanol–water partition coefficient (Wildman–Crippen LogP) is 1.04. The van der Waals surface area contributed by atoms with Gasteiger partial charge in [-0.1, -0.05) is 23.2 Å². The monoisotopic (exact) mass is 188 g/mol. The molecular weight excluding hydrogens is 187 g/mol. The van der Waals surface area contributed by atoms with Crippen molar-refractivity contribution in [1.29, 1.82) is 0 Å². The Bertz CT molecular complexity index is 314. The Kier molecular flexibility index (Phi) is 1.51. The minimum atomic E-state index is -0.660. The number of hydrogen-bond acceptors (Lipinski definition) is 4. The van der Waals surface area contributed by atoms with Gasteiger partial charge in [-0.05, 0) is 0 Å². The quantitative estimate of drug-likeness (QED) is 0.403. The van der Waals surface area contributed by atoms with Crippen LogP contribution in [-0.4, -0.2) is 28.7 Å². The van der Waals surface area contributed by atoms with E-state index < -0.39 is 5.62 Å². The van der Waals surface area contributed by atoms with Crippen LogP contribution in [0.1, 0.15) is 0 Å². The molecule has 11 heavy (non-hydrogen) atoms. The summed E-state index contributed by atoms with van der Waals surface area (Å²) in [6, 6.07) is 0. The lowest BCUT2D eigenvalue weighted by molar-refractivity contribution is 0.975. The first-order chi connectivity index (χ1) is 5.27. The fourth-order valence-electron chi connectivity index (χ4n) is 0.785. The Hall–Kier alpha value is -0.740. The average Bonchev–Trinajstić information content (AvgIpc) is 2.34. The SMILES string of the molecule is ClC1=NC(Cl)N=C2N=CN=C12. The number of amidine groups is 1. The summed E-state index contributed by atoms with van der Waals surface area (Å²) in [7, 11) is 0. The Morgan fingerprint density at radius 3 is 3.00 bits per heavy atom. The van der Waals surface area contributed by atoms with E-state index in [1.165, 1.54) is 6.34 Å². The van der Waals surface area contributed by atoms with E-state index in [1.807, 2.05) is 0 Å². The number of aliphatic imine (C=N–C) groups is 4. The predicted molar refractivity (Wildman–Crippen MR) is 46.3 cm³/mol. The van der Waals surface area contributed by atoms with Crippen molar-refractivity contribution in [3.63, 3.8) is 0 Å². The van der Waals surface area contributed by atoms with E-state index in [0.717, 1.165) is 0 Å². The molecule has 1 atom stereocenters. The molecular formula is C5H2Cl2N4. The molecule has 0 amide bonds. The lowest BCUT2D eigenvalue weighted by Crippen LogP contribution is -2.22. The molecule has 4 nitrogen and oxygen atoms in total. The number of rotatable bonds is 0. The molecule has 0 N–H and O–H groups in total. The van der Waals surface area contributed by atoms with Crippen molar-refractivity contribution >= 4 is 46.3 Å². The molecule has 0 aromatic rings. The first-order valence-corrected chi connectivity index (χ1v) is 3.65. The first-order valence-electron chi connectivity index (χ1n) is 2.83. The van der Waals surface area contributed by atoms with E-state index in [2.05, 4.69) is 20.0 Å². The maximum Gasteiger partial charge on any atom is 0.218 e. The summed E-state index contributed by atoms with van der Waals surface area (Å²) in [5.74, 6) is 0.463. The van der Waals surface area contributed by atoms with Crippen LogP contribution in [-0.2, 0) is 0 Å². The third kappa shape index (κ3) is 1.08. The Morgan fingerprint density at radius 1 is 1.36 bits per heavy atom. The maximum absolute atomic E-state index is 5.69. The topological polar surface area (TPSA) is 49.4 Å². The van der Waals surface area contributed by atoms with Crippen LogP contribution in [0.15, 0.2) is 20.0 Å². The molecule has 0 fully saturated rings. The highest BCUT2D eigenvalue weighted by Gasteiger charge is 2.23. The number of nitrogens with zero attached hydrogens (tertiary/aromatic N) is 4. The fourth-order valence-corrected chi connectivity index (χ4v) is 1.25. The molecule has 56 valence electrons. The molecule has 6 heteroatoms. The van der Waals surface area contributed by atoms with E-state index in [9.17, 15) is 0 Å². The van der Waals surface area contributed by atoms with Gasteiger partial charge in [0.15, 0.2) is 11.0 Å². The summed E-state index contributed by atoms with van der Waals surface area (Å²) in [6.07, 6.45) is 1.38. The number of alkyl halides is 1. The molecule has 0 radical (unpaired) electrons. The summed E-state index contributed by atoms with van der Waals surface area (Å²) in [5.41, 5.74) is -0.157. The zero-order valence-corrected chi connectivity index (χ0v) is 6.71. The first kappa shape index (κ1) is 6.94. The molecule has 0 aromatic heterocycles. The van der Waals surface area contributed by atoms with Crippen molar-refractivity contribution in [3.8, 4) is 0 Å². The molecule has 2 rings (SSSR count). The van der Waals surface area contributed by atoms with Gasteiger partial charge in [0.1, 0.15) is 12.1 Å². The van der Waals surface area contributed by atoms with Gasteiger partial charge < -0.3 is 0 Å². The minimum Gasteiger partial charge on any atom is -0.230 e. The minimum absolute atomic E-state index is 0.271. The van der Waals surface area contributed by atoms with Crippen LogP contribution in [0, 0.1) is 0 Å². The van der Waals surface area contributed by atoms with Crippen LogP contribution < -0.4 is 0 Å². The van der Waals surface area contributed by atoms with Crippen molar-refractivity contribution in [1.82, 2.24) is 0 Å². The summed E-state index contributed by atoms with van der Waals surface area (Å²) >= 11 is 11.3. The maximum atomic E-state index is 5.69. The Balaban J connectivity index is 2.46. The fraction of sp³-hybridized carbons (Fsp3) is 0.200. The van der Waals surface area contributed by atoms with Crippen molar-refractivity contribution < 1.29 is 0 Å². The van der Waals surface area contributed by atoms with Gasteiger partial charge in [0.2, 0.25) is 5.62 Å². The van der Waals surface area contributed by atoms with Gasteiger partial charge in [-0.25, -0.2) is 20.0 Å². The van der Waals surface area contributed by atoms with E-state index in [-0.39, 0.29) is 5.17 Å². The summed E-state index contributed by atoms with van der Waals surface area (Å²) in [6.45, 7) is 0. The lowest BCUT2D eigenvalue weighted by Gasteiger charge is -2.07. The molecule has 0 saturated heterocycles. The van der Waals surface area contributed by atoms with Crippen molar-refractivity contribution in [2.75, 3.05) is 0 Å². The van der Waals surface area contributed by atoms with Crippen molar-refractivity contribution in [3.05, 3.63) is 0 Å². The smallest absolute Gasteiger partial charge is 0.218 e. The van der Waals surface area contributed by atoms with Gasteiger partial charge in [0, 0.05) is 0 Å². The second-order valence-electron chi connectivity index (χ2n) is 1.91. The number of halogens is 2. The Labute approximate surface area is 72.4 Å². The second-order valence-corrected chi connectivity index (χ2v) is 2.65. The highest BCUT2D eigenvalue weighted by atomic mass is 35.5. The molecule has 0 aliphatic carbocycles. The lowest BCUT2D eigenvalue weighted by atomic mass is 10.3. The van der Waals surface area contributed by atoms with Crippen LogP contribution >= 0.6 is 23.2 Å². The van der Waals surface area contributed by atoms with E-state index >= 15 is 0 Å². The summed E-state index contributed by atoms with van der Waals surface area (Å²) in [4.78, 5) is 15.3. The van der Waals surface area contributed by atoms with E-state index in [4.69, 9.17) is 23.2 Å². The largest absolute Gasteiger partial charge is 0.230 e. The average molecular weight is 189 g/mol. The normalized spacial score (nSPS) is 27.5. The molecule has 0 bridgehead atoms. The third-order valence-electron chi connectivity index (χ3n) is 1.22. The highest BCUT2D eigenvalue weighted by Crippen LogP contribution is 2.13. The highest BCUT2D eigenvalue weighted by molar-refractivity contribution is 6.94. The van der Waals surface area contributed by atoms with Crippen LogP contribution in [0.4, 0.5) is 0 Å². The zero-order valence-electron chi connectivity index (χ0n) is 5.20. The van der Waals surface area contributed by atoms with Gasteiger partial charge in [0.05, 0.1) is 0 Å². The molecule has 0 aromatic carbocycles. The van der Waals surface area contributed by atoms with Gasteiger partial charge >= 0.3 is 0 Å². The van der Waals surface area contributed by atoms with Crippen molar-refractivity contribution in [2.24, 2.45) is 20.0 Å². The van der Waals surface area contributed by atoms with Crippen molar-refractivity contribution in [2.45, 2.75) is 5.62 Å². The Morgan fingerprint density at radius 2 is 2.18 bits per heavy atom. The van der Waals surface area contributed by atoms with Crippen LogP contribution in [0.2, 0.25) is 0 Å². The number of hydrogen-bond donors (Lipinski definition) is 0. The van der Waals surface area contributed by atoms with Crippen LogP contribution in [0.25, 0.3) is 0 Å². The van der Waals surface area contributed by atoms with Gasteiger partial charge in [0.25, 0.3) is 0 Å². The number of fused-ring (bicyclic) bond motifs is 1.